The van der Waals surface area contributed by atoms with Gasteiger partial charge < -0.3 is 5.11 Å². The summed E-state index contributed by atoms with van der Waals surface area (Å²) in [6.07, 6.45) is 0. The molecule has 0 aliphatic heterocycles. The van der Waals surface area contributed by atoms with Crippen molar-refractivity contribution in [3.8, 4) is 0 Å². The largest absolute Gasteiger partial charge is 0.476 e. The van der Waals surface area contributed by atoms with Crippen LogP contribution >= 0.6 is 23.2 Å². The molecule has 0 fully saturated rings. The third-order valence-corrected chi connectivity index (χ3v) is 3.84. The Morgan fingerprint density at radius 3 is 2.68 bits per heavy atom. The molecule has 112 valence electrons. The van der Waals surface area contributed by atoms with Gasteiger partial charge in [0.15, 0.2) is 5.69 Å². The molecule has 0 aliphatic rings. The molecule has 2 aromatic carbocycles. The lowest BCUT2D eigenvalue weighted by atomic mass is 10.2. The van der Waals surface area contributed by atoms with Crippen LogP contribution in [0.15, 0.2) is 36.4 Å². The minimum absolute atomic E-state index is 0.195. The zero-order valence-corrected chi connectivity index (χ0v) is 12.6. The summed E-state index contributed by atoms with van der Waals surface area (Å²) < 4.78 is 14.8. The molecule has 7 heteroatoms. The van der Waals surface area contributed by atoms with Gasteiger partial charge in [0.1, 0.15) is 5.82 Å². The van der Waals surface area contributed by atoms with E-state index in [1.165, 1.54) is 16.8 Å². The monoisotopic (exact) mass is 338 g/mol. The average Bonchev–Trinajstić information content (AvgIpc) is 2.80. The number of aromatic nitrogens is 2. The van der Waals surface area contributed by atoms with Crippen LogP contribution in [-0.4, -0.2) is 20.9 Å². The van der Waals surface area contributed by atoms with Gasteiger partial charge in [-0.15, -0.1) is 0 Å². The van der Waals surface area contributed by atoms with Crippen LogP contribution in [-0.2, 0) is 6.54 Å². The van der Waals surface area contributed by atoms with Gasteiger partial charge in [0.25, 0.3) is 0 Å². The third-order valence-electron chi connectivity index (χ3n) is 3.25. The van der Waals surface area contributed by atoms with Gasteiger partial charge in [0, 0.05) is 15.4 Å². The lowest BCUT2D eigenvalue weighted by molar-refractivity contribution is 0.0691. The average molecular weight is 339 g/mol. The van der Waals surface area contributed by atoms with Crippen molar-refractivity contribution in [2.45, 2.75) is 6.54 Å². The number of nitrogens with zero attached hydrogens (tertiary/aromatic N) is 2. The standard InChI is InChI=1S/C15H9Cl2FN2O2/c16-9-2-1-8(12(17)5-9)7-20-13-4-3-10(18)6-11(13)14(19-20)15(21)22/h1-6H,7H2,(H,21,22). The van der Waals surface area contributed by atoms with Crippen LogP contribution in [0.4, 0.5) is 4.39 Å². The van der Waals surface area contributed by atoms with Gasteiger partial charge in [-0.05, 0) is 35.9 Å². The Bertz CT molecular complexity index is 893. The summed E-state index contributed by atoms with van der Waals surface area (Å²) in [5, 5.41) is 14.5. The van der Waals surface area contributed by atoms with Crippen molar-refractivity contribution in [1.29, 1.82) is 0 Å². The number of aromatic carboxylic acids is 1. The van der Waals surface area contributed by atoms with E-state index in [0.29, 0.717) is 15.6 Å². The number of carboxylic acid groups (broad SMARTS) is 1. The lowest BCUT2D eigenvalue weighted by Gasteiger charge is -2.06. The summed E-state index contributed by atoms with van der Waals surface area (Å²) >= 11 is 12.0. The zero-order valence-electron chi connectivity index (χ0n) is 11.1. The maximum atomic E-state index is 13.4. The van der Waals surface area contributed by atoms with E-state index in [4.69, 9.17) is 23.2 Å². The lowest BCUT2D eigenvalue weighted by Crippen LogP contribution is -2.05. The number of rotatable bonds is 3. The molecule has 0 unspecified atom stereocenters. The SMILES string of the molecule is O=C(O)c1nn(Cc2ccc(Cl)cc2Cl)c2ccc(F)cc12. The second-order valence-corrected chi connectivity index (χ2v) is 5.55. The van der Waals surface area contributed by atoms with Crippen LogP contribution in [0.1, 0.15) is 16.1 Å². The third kappa shape index (κ3) is 2.65. The van der Waals surface area contributed by atoms with Crippen molar-refractivity contribution in [2.24, 2.45) is 0 Å². The summed E-state index contributed by atoms with van der Waals surface area (Å²) in [7, 11) is 0. The van der Waals surface area contributed by atoms with Crippen LogP contribution in [0.5, 0.6) is 0 Å². The van der Waals surface area contributed by atoms with Crippen molar-refractivity contribution >= 4 is 40.1 Å². The Labute approximate surface area is 134 Å². The molecule has 22 heavy (non-hydrogen) atoms. The first-order valence-corrected chi connectivity index (χ1v) is 7.04. The molecule has 0 spiro atoms. The molecule has 1 heterocycles. The number of halogens is 3. The van der Waals surface area contributed by atoms with E-state index < -0.39 is 11.8 Å². The maximum Gasteiger partial charge on any atom is 0.357 e. The highest BCUT2D eigenvalue weighted by Gasteiger charge is 2.17. The molecule has 1 aromatic heterocycles. The van der Waals surface area contributed by atoms with Crippen LogP contribution in [0.2, 0.25) is 10.0 Å². The molecule has 3 aromatic rings. The van der Waals surface area contributed by atoms with Crippen molar-refractivity contribution in [1.82, 2.24) is 9.78 Å². The topological polar surface area (TPSA) is 55.1 Å². The molecule has 0 bridgehead atoms. The van der Waals surface area contributed by atoms with Gasteiger partial charge >= 0.3 is 5.97 Å². The van der Waals surface area contributed by atoms with Crippen LogP contribution in [0, 0.1) is 5.82 Å². The van der Waals surface area contributed by atoms with E-state index in [0.717, 1.165) is 11.6 Å². The molecule has 0 radical (unpaired) electrons. The van der Waals surface area contributed by atoms with E-state index in [2.05, 4.69) is 5.10 Å². The number of carboxylic acids is 1. The summed E-state index contributed by atoms with van der Waals surface area (Å²) in [5.74, 6) is -1.73. The van der Waals surface area contributed by atoms with Crippen molar-refractivity contribution < 1.29 is 14.3 Å². The first-order valence-electron chi connectivity index (χ1n) is 6.29. The second-order valence-electron chi connectivity index (χ2n) is 4.71. The van der Waals surface area contributed by atoms with E-state index in [-0.39, 0.29) is 17.6 Å². The second kappa shape index (κ2) is 5.59. The fourth-order valence-electron chi connectivity index (χ4n) is 2.24. The van der Waals surface area contributed by atoms with Crippen molar-refractivity contribution in [3.63, 3.8) is 0 Å². The van der Waals surface area contributed by atoms with E-state index in [1.807, 2.05) is 0 Å². The van der Waals surface area contributed by atoms with Crippen LogP contribution in [0.3, 0.4) is 0 Å². The highest BCUT2D eigenvalue weighted by molar-refractivity contribution is 6.35. The fraction of sp³-hybridized carbons (Fsp3) is 0.0667. The van der Waals surface area contributed by atoms with Gasteiger partial charge in [0.05, 0.1) is 12.1 Å². The van der Waals surface area contributed by atoms with E-state index in [9.17, 15) is 14.3 Å². The molecule has 0 aliphatic carbocycles. The Morgan fingerprint density at radius 2 is 2.00 bits per heavy atom. The van der Waals surface area contributed by atoms with E-state index >= 15 is 0 Å². The molecular formula is C15H9Cl2FN2O2. The van der Waals surface area contributed by atoms with Crippen molar-refractivity contribution in [2.75, 3.05) is 0 Å². The van der Waals surface area contributed by atoms with Gasteiger partial charge in [-0.3, -0.25) is 4.68 Å². The molecule has 0 saturated carbocycles. The van der Waals surface area contributed by atoms with E-state index in [1.54, 1.807) is 18.2 Å². The van der Waals surface area contributed by atoms with Crippen molar-refractivity contribution in [3.05, 3.63) is 63.5 Å². The fourth-order valence-corrected chi connectivity index (χ4v) is 2.71. The normalized spacial score (nSPS) is 11.0. The summed E-state index contributed by atoms with van der Waals surface area (Å²) in [5.41, 5.74) is 1.06. The summed E-state index contributed by atoms with van der Waals surface area (Å²) in [6, 6.07) is 8.94. The minimum Gasteiger partial charge on any atom is -0.476 e. The van der Waals surface area contributed by atoms with Gasteiger partial charge in [-0.25, -0.2) is 9.18 Å². The summed E-state index contributed by atoms with van der Waals surface area (Å²) in [6.45, 7) is 0.255. The van der Waals surface area contributed by atoms with Gasteiger partial charge in [-0.1, -0.05) is 29.3 Å². The highest BCUT2D eigenvalue weighted by atomic mass is 35.5. The maximum absolute atomic E-state index is 13.4. The van der Waals surface area contributed by atoms with Gasteiger partial charge in [-0.2, -0.15) is 5.10 Å². The molecule has 1 N–H and O–H groups in total. The molecule has 3 rings (SSSR count). The molecule has 0 amide bonds. The first kappa shape index (κ1) is 14.8. The Morgan fingerprint density at radius 1 is 1.23 bits per heavy atom. The zero-order chi connectivity index (χ0) is 15.9. The highest BCUT2D eigenvalue weighted by Crippen LogP contribution is 2.25. The predicted molar refractivity (Wildman–Crippen MR) is 82.2 cm³/mol. The first-order chi connectivity index (χ1) is 10.5. The number of benzene rings is 2. The summed E-state index contributed by atoms with van der Waals surface area (Å²) in [4.78, 5) is 11.3. The minimum atomic E-state index is -1.21. The number of carbonyl (C=O) groups is 1. The number of hydrogen-bond donors (Lipinski definition) is 1. The molecule has 0 saturated heterocycles. The number of hydrogen-bond acceptors (Lipinski definition) is 2. The molecular weight excluding hydrogens is 330 g/mol. The smallest absolute Gasteiger partial charge is 0.357 e. The Hall–Kier alpha value is -2.11. The predicted octanol–water partition coefficient (Wildman–Crippen LogP) is 4.23. The Kier molecular flexibility index (Phi) is 3.76. The van der Waals surface area contributed by atoms with Crippen LogP contribution in [0.25, 0.3) is 10.9 Å². The Balaban J connectivity index is 2.13. The quantitative estimate of drug-likeness (QED) is 0.777. The van der Waals surface area contributed by atoms with Gasteiger partial charge in [0.2, 0.25) is 0 Å². The molecule has 0 atom stereocenters. The molecule has 4 nitrogen and oxygen atoms in total. The number of fused-ring (bicyclic) bond motifs is 1. The van der Waals surface area contributed by atoms with Crippen LogP contribution < -0.4 is 0 Å².